The number of fused-ring (bicyclic) bond motifs is 1. The summed E-state index contributed by atoms with van der Waals surface area (Å²) in [6, 6.07) is 0. The summed E-state index contributed by atoms with van der Waals surface area (Å²) >= 11 is 0. The molecule has 2 rings (SSSR count). The molecule has 0 aromatic heterocycles. The number of rotatable bonds is 1. The molecule has 38 valence electrons. The molecule has 0 aromatic carbocycles. The molecule has 0 bridgehead atoms. The molecule has 1 aliphatic heterocycles. The molecule has 3 unspecified atom stereocenters. The smallest absolute Gasteiger partial charge is 0.128 e. The van der Waals surface area contributed by atoms with Crippen molar-refractivity contribution in [3.63, 3.8) is 0 Å². The average molecular weight is 98.1 g/mol. The Morgan fingerprint density at radius 1 is 1.86 bits per heavy atom. The van der Waals surface area contributed by atoms with Gasteiger partial charge in [0.2, 0.25) is 0 Å². The molecule has 1 aliphatic carbocycles. The lowest BCUT2D eigenvalue weighted by Gasteiger charge is -1.93. The predicted molar refractivity (Wildman–Crippen MR) is 22.8 cm³/mol. The van der Waals surface area contributed by atoms with Crippen molar-refractivity contribution in [2.45, 2.75) is 18.6 Å². The van der Waals surface area contributed by atoms with Crippen molar-refractivity contribution in [3.05, 3.63) is 0 Å². The van der Waals surface area contributed by atoms with Crippen LogP contribution >= 0.6 is 0 Å². The maximum atomic E-state index is 9.93. The van der Waals surface area contributed by atoms with Gasteiger partial charge in [-0.3, -0.25) is 0 Å². The number of hydrogen-bond acceptors (Lipinski definition) is 2. The van der Waals surface area contributed by atoms with E-state index in [-0.39, 0.29) is 11.5 Å². The Bertz CT molecular complexity index is 132. The van der Waals surface area contributed by atoms with E-state index >= 15 is 0 Å². The molecule has 2 fully saturated rings. The summed E-state index contributed by atoms with van der Waals surface area (Å²) in [5.74, 6) is 0.243. The summed E-state index contributed by atoms with van der Waals surface area (Å²) in [7, 11) is 0. The van der Waals surface area contributed by atoms with E-state index in [0.29, 0.717) is 6.10 Å². The first-order valence-electron chi connectivity index (χ1n) is 2.42. The zero-order valence-corrected chi connectivity index (χ0v) is 4.05. The van der Waals surface area contributed by atoms with Crippen molar-refractivity contribution < 1.29 is 9.53 Å². The van der Waals surface area contributed by atoms with Crippen LogP contribution in [0.15, 0.2) is 0 Å². The SMILES string of the molecule is CC12OC1C2C=O. The third-order valence-electron chi connectivity index (χ3n) is 1.91. The highest BCUT2D eigenvalue weighted by molar-refractivity contribution is 5.67. The lowest BCUT2D eigenvalue weighted by molar-refractivity contribution is -0.112. The van der Waals surface area contributed by atoms with Crippen molar-refractivity contribution in [3.8, 4) is 0 Å². The van der Waals surface area contributed by atoms with Crippen LogP contribution in [-0.4, -0.2) is 18.0 Å². The van der Waals surface area contributed by atoms with Crippen molar-refractivity contribution >= 4 is 6.29 Å². The number of ether oxygens (including phenoxy) is 1. The van der Waals surface area contributed by atoms with Crippen LogP contribution in [-0.2, 0) is 9.53 Å². The minimum atomic E-state index is 0.0156. The molecule has 2 aliphatic rings. The minimum absolute atomic E-state index is 0.0156. The molecule has 2 nitrogen and oxygen atoms in total. The van der Waals surface area contributed by atoms with Crippen molar-refractivity contribution in [2.75, 3.05) is 0 Å². The highest BCUT2D eigenvalue weighted by Gasteiger charge is 2.79. The van der Waals surface area contributed by atoms with Gasteiger partial charge in [0, 0.05) is 0 Å². The second-order valence-corrected chi connectivity index (χ2v) is 2.38. The largest absolute Gasteiger partial charge is 0.365 e. The third kappa shape index (κ3) is 0.214. The Labute approximate surface area is 41.5 Å². The third-order valence-corrected chi connectivity index (χ3v) is 1.91. The van der Waals surface area contributed by atoms with E-state index < -0.39 is 0 Å². The van der Waals surface area contributed by atoms with Gasteiger partial charge < -0.3 is 9.53 Å². The molecule has 1 saturated carbocycles. The maximum absolute atomic E-state index is 9.93. The lowest BCUT2D eigenvalue weighted by Crippen LogP contribution is -2.03. The van der Waals surface area contributed by atoms with Crippen LogP contribution < -0.4 is 0 Å². The summed E-state index contributed by atoms with van der Waals surface area (Å²) in [6.07, 6.45) is 1.29. The van der Waals surface area contributed by atoms with Crippen LogP contribution in [0.4, 0.5) is 0 Å². The molecule has 0 radical (unpaired) electrons. The van der Waals surface area contributed by atoms with E-state index in [0.717, 1.165) is 6.29 Å². The first kappa shape index (κ1) is 3.61. The van der Waals surface area contributed by atoms with Gasteiger partial charge in [0.15, 0.2) is 0 Å². The topological polar surface area (TPSA) is 29.6 Å². The molecule has 3 atom stereocenters. The number of hydrogen-bond donors (Lipinski definition) is 0. The Hall–Kier alpha value is -0.370. The molecular formula is C5H6O2. The first-order chi connectivity index (χ1) is 3.29. The Morgan fingerprint density at radius 3 is 2.43 bits per heavy atom. The summed E-state index contributed by atoms with van der Waals surface area (Å²) in [5.41, 5.74) is 0.0156. The zero-order valence-electron chi connectivity index (χ0n) is 4.05. The van der Waals surface area contributed by atoms with E-state index in [2.05, 4.69) is 0 Å². The molecule has 0 N–H and O–H groups in total. The van der Waals surface area contributed by atoms with Crippen molar-refractivity contribution in [1.29, 1.82) is 0 Å². The minimum Gasteiger partial charge on any atom is -0.365 e. The number of epoxide rings is 1. The standard InChI is InChI=1S/C5H6O2/c1-5-3(2-6)4(5)7-5/h2-4H,1H3. The second-order valence-electron chi connectivity index (χ2n) is 2.38. The maximum Gasteiger partial charge on any atom is 0.128 e. The summed E-state index contributed by atoms with van der Waals surface area (Å²) in [6.45, 7) is 1.97. The molecule has 7 heavy (non-hydrogen) atoms. The van der Waals surface area contributed by atoms with Crippen LogP contribution in [0.3, 0.4) is 0 Å². The summed E-state index contributed by atoms with van der Waals surface area (Å²) < 4.78 is 4.97. The molecule has 0 aromatic rings. The van der Waals surface area contributed by atoms with Crippen molar-refractivity contribution in [2.24, 2.45) is 5.92 Å². The van der Waals surface area contributed by atoms with Gasteiger partial charge >= 0.3 is 0 Å². The Kier molecular flexibility index (Phi) is 0.335. The Morgan fingerprint density at radius 2 is 2.43 bits per heavy atom. The van der Waals surface area contributed by atoms with Gasteiger partial charge in [-0.1, -0.05) is 0 Å². The van der Waals surface area contributed by atoms with E-state index in [4.69, 9.17) is 4.74 Å². The fourth-order valence-corrected chi connectivity index (χ4v) is 1.01. The van der Waals surface area contributed by atoms with Crippen LogP contribution in [0.25, 0.3) is 0 Å². The highest BCUT2D eigenvalue weighted by Crippen LogP contribution is 2.63. The van der Waals surface area contributed by atoms with Gasteiger partial charge in [0.25, 0.3) is 0 Å². The fourth-order valence-electron chi connectivity index (χ4n) is 1.01. The number of carbonyl (C=O) groups is 1. The highest BCUT2D eigenvalue weighted by atomic mass is 16.7. The van der Waals surface area contributed by atoms with E-state index in [9.17, 15) is 4.79 Å². The number of aldehydes is 1. The molecule has 0 spiro atoms. The molecule has 2 heteroatoms. The van der Waals surface area contributed by atoms with Crippen molar-refractivity contribution in [1.82, 2.24) is 0 Å². The fraction of sp³-hybridized carbons (Fsp3) is 0.800. The van der Waals surface area contributed by atoms with Gasteiger partial charge in [-0.05, 0) is 6.92 Å². The van der Waals surface area contributed by atoms with Gasteiger partial charge in [-0.15, -0.1) is 0 Å². The normalized spacial score (nSPS) is 63.6. The molecule has 1 heterocycles. The van der Waals surface area contributed by atoms with Gasteiger partial charge in [0.1, 0.15) is 18.0 Å². The van der Waals surface area contributed by atoms with Gasteiger partial charge in [0.05, 0.1) is 5.92 Å². The van der Waals surface area contributed by atoms with Crippen LogP contribution in [0, 0.1) is 5.92 Å². The molecule has 1 saturated heterocycles. The zero-order chi connectivity index (χ0) is 5.07. The van der Waals surface area contributed by atoms with E-state index in [1.165, 1.54) is 0 Å². The van der Waals surface area contributed by atoms with E-state index in [1.807, 2.05) is 6.92 Å². The monoisotopic (exact) mass is 98.0 g/mol. The first-order valence-corrected chi connectivity index (χ1v) is 2.42. The van der Waals surface area contributed by atoms with Crippen LogP contribution in [0.1, 0.15) is 6.92 Å². The Balaban J connectivity index is 2.14. The summed E-state index contributed by atoms with van der Waals surface area (Å²) in [5, 5.41) is 0. The number of carbonyl (C=O) groups excluding carboxylic acids is 1. The average Bonchev–Trinajstić information content (AvgIpc) is 2.28. The quantitative estimate of drug-likeness (QED) is 0.340. The molecular weight excluding hydrogens is 92.1 g/mol. The van der Waals surface area contributed by atoms with Crippen LogP contribution in [0.5, 0.6) is 0 Å². The summed E-state index contributed by atoms with van der Waals surface area (Å²) in [4.78, 5) is 9.93. The van der Waals surface area contributed by atoms with E-state index in [1.54, 1.807) is 0 Å². The lowest BCUT2D eigenvalue weighted by atomic mass is 10.3. The molecule has 0 amide bonds. The van der Waals surface area contributed by atoms with Gasteiger partial charge in [-0.25, -0.2) is 0 Å². The predicted octanol–water partition coefficient (Wildman–Crippen LogP) is -0.0274. The van der Waals surface area contributed by atoms with Crippen LogP contribution in [0.2, 0.25) is 0 Å². The second kappa shape index (κ2) is 0.650. The van der Waals surface area contributed by atoms with Gasteiger partial charge in [-0.2, -0.15) is 0 Å².